The van der Waals surface area contributed by atoms with Crippen molar-refractivity contribution in [2.45, 2.75) is 20.8 Å². The number of aryl methyl sites for hydroxylation is 2. The second kappa shape index (κ2) is 4.05. The molecule has 0 unspecified atom stereocenters. The maximum Gasteiger partial charge on any atom is 0.243 e. The minimum atomic E-state index is -0.369. The van der Waals surface area contributed by atoms with Crippen LogP contribution in [0.2, 0.25) is 0 Å². The molecule has 0 fully saturated rings. The van der Waals surface area contributed by atoms with E-state index in [4.69, 9.17) is 0 Å². The highest BCUT2D eigenvalue weighted by Crippen LogP contribution is 2.16. The third-order valence-corrected chi connectivity index (χ3v) is 2.18. The summed E-state index contributed by atoms with van der Waals surface area (Å²) in [5, 5.41) is 10.5. The molecule has 0 aliphatic carbocycles. The summed E-state index contributed by atoms with van der Waals surface area (Å²) in [6.45, 7) is 5.41. The average Bonchev–Trinajstić information content (AvgIpc) is 2.11. The third-order valence-electron chi connectivity index (χ3n) is 2.18. The van der Waals surface area contributed by atoms with Gasteiger partial charge in [-0.25, -0.2) is 0 Å². The van der Waals surface area contributed by atoms with Gasteiger partial charge in [-0.05, 0) is 30.5 Å². The molecule has 0 aliphatic rings. The van der Waals surface area contributed by atoms with Gasteiger partial charge in [0.05, 0.1) is 4.92 Å². The lowest BCUT2D eigenvalue weighted by atomic mass is 10.0. The Balaban J connectivity index is 3.20. The number of allylic oxidation sites excluding steroid dienone is 1. The van der Waals surface area contributed by atoms with E-state index in [0.717, 1.165) is 16.7 Å². The summed E-state index contributed by atoms with van der Waals surface area (Å²) in [7, 11) is 0. The van der Waals surface area contributed by atoms with Crippen LogP contribution in [0.3, 0.4) is 0 Å². The number of benzene rings is 1. The van der Waals surface area contributed by atoms with Crippen molar-refractivity contribution in [3.05, 3.63) is 50.7 Å². The molecule has 0 aromatic heterocycles. The fourth-order valence-corrected chi connectivity index (χ4v) is 1.32. The quantitative estimate of drug-likeness (QED) is 0.532. The predicted octanol–water partition coefficient (Wildman–Crippen LogP) is 2.94. The largest absolute Gasteiger partial charge is 0.259 e. The second-order valence-electron chi connectivity index (χ2n) is 3.35. The highest BCUT2D eigenvalue weighted by Gasteiger charge is 2.05. The number of nitrogens with zero attached hydrogens (tertiary/aromatic N) is 1. The SMILES string of the molecule is C/C(=C/c1c(C)cccc1C)[N+](=O)[O-]. The van der Waals surface area contributed by atoms with E-state index in [-0.39, 0.29) is 10.6 Å². The van der Waals surface area contributed by atoms with Crippen LogP contribution in [0.4, 0.5) is 0 Å². The van der Waals surface area contributed by atoms with E-state index >= 15 is 0 Å². The van der Waals surface area contributed by atoms with Crippen LogP contribution in [0.25, 0.3) is 6.08 Å². The minimum absolute atomic E-state index is 0.169. The van der Waals surface area contributed by atoms with Crippen LogP contribution in [-0.4, -0.2) is 4.92 Å². The molecular weight excluding hydrogens is 178 g/mol. The summed E-state index contributed by atoms with van der Waals surface area (Å²) >= 11 is 0. The first-order valence-electron chi connectivity index (χ1n) is 4.41. The van der Waals surface area contributed by atoms with Crippen molar-refractivity contribution in [3.63, 3.8) is 0 Å². The molecule has 0 spiro atoms. The van der Waals surface area contributed by atoms with Crippen LogP contribution in [0, 0.1) is 24.0 Å². The number of hydrogen-bond acceptors (Lipinski definition) is 2. The molecule has 0 saturated heterocycles. The van der Waals surface area contributed by atoms with Crippen LogP contribution < -0.4 is 0 Å². The summed E-state index contributed by atoms with van der Waals surface area (Å²) in [5.41, 5.74) is 3.24. The van der Waals surface area contributed by atoms with Crippen molar-refractivity contribution in [3.8, 4) is 0 Å². The summed E-state index contributed by atoms with van der Waals surface area (Å²) in [6, 6.07) is 5.85. The van der Waals surface area contributed by atoms with Crippen LogP contribution in [0.15, 0.2) is 23.9 Å². The van der Waals surface area contributed by atoms with E-state index in [9.17, 15) is 10.1 Å². The normalized spacial score (nSPS) is 11.5. The molecule has 0 heterocycles. The van der Waals surface area contributed by atoms with Crippen molar-refractivity contribution in [1.29, 1.82) is 0 Å². The van der Waals surface area contributed by atoms with Crippen LogP contribution >= 0.6 is 0 Å². The van der Waals surface area contributed by atoms with Crippen molar-refractivity contribution in [2.24, 2.45) is 0 Å². The molecule has 0 radical (unpaired) electrons. The second-order valence-corrected chi connectivity index (χ2v) is 3.35. The van der Waals surface area contributed by atoms with Gasteiger partial charge in [-0.1, -0.05) is 18.2 Å². The number of nitro groups is 1. The van der Waals surface area contributed by atoms with Crippen LogP contribution in [0.5, 0.6) is 0 Å². The Bertz CT molecular complexity index is 374. The Labute approximate surface area is 83.2 Å². The Hall–Kier alpha value is -1.64. The van der Waals surface area contributed by atoms with Gasteiger partial charge < -0.3 is 0 Å². The Morgan fingerprint density at radius 3 is 2.29 bits per heavy atom. The zero-order chi connectivity index (χ0) is 10.7. The molecular formula is C11H13NO2. The molecule has 0 aliphatic heterocycles. The van der Waals surface area contributed by atoms with Crippen LogP contribution in [0.1, 0.15) is 23.6 Å². The third kappa shape index (κ3) is 2.19. The van der Waals surface area contributed by atoms with Gasteiger partial charge in [-0.15, -0.1) is 0 Å². The molecule has 1 aromatic rings. The lowest BCUT2D eigenvalue weighted by molar-refractivity contribution is -0.422. The molecule has 0 saturated carbocycles. The maximum absolute atomic E-state index is 10.5. The Kier molecular flexibility index (Phi) is 3.02. The molecule has 3 nitrogen and oxygen atoms in total. The first-order chi connectivity index (χ1) is 6.52. The van der Waals surface area contributed by atoms with Gasteiger partial charge in [-0.3, -0.25) is 10.1 Å². The predicted molar refractivity (Wildman–Crippen MR) is 56.6 cm³/mol. The molecule has 3 heteroatoms. The minimum Gasteiger partial charge on any atom is -0.259 e. The molecule has 1 aromatic carbocycles. The van der Waals surface area contributed by atoms with Gasteiger partial charge in [0.2, 0.25) is 5.70 Å². The summed E-state index contributed by atoms with van der Waals surface area (Å²) in [5.74, 6) is 0. The lowest BCUT2D eigenvalue weighted by Gasteiger charge is -2.03. The number of rotatable bonds is 2. The fourth-order valence-electron chi connectivity index (χ4n) is 1.32. The summed E-state index contributed by atoms with van der Waals surface area (Å²) in [4.78, 5) is 10.1. The van der Waals surface area contributed by atoms with Gasteiger partial charge in [0.15, 0.2) is 0 Å². The standard InChI is InChI=1S/C11H13NO2/c1-8-5-4-6-9(2)11(8)7-10(3)12(13)14/h4-7H,1-3H3/b10-7-. The van der Waals surface area contributed by atoms with E-state index in [1.54, 1.807) is 6.08 Å². The summed E-state index contributed by atoms with van der Waals surface area (Å²) in [6.07, 6.45) is 1.62. The first-order valence-corrected chi connectivity index (χ1v) is 4.41. The van der Waals surface area contributed by atoms with E-state index in [1.807, 2.05) is 32.0 Å². The first kappa shape index (κ1) is 10.4. The van der Waals surface area contributed by atoms with E-state index in [2.05, 4.69) is 0 Å². The molecule has 1 rings (SSSR count). The average molecular weight is 191 g/mol. The molecule has 0 amide bonds. The smallest absolute Gasteiger partial charge is 0.243 e. The zero-order valence-corrected chi connectivity index (χ0v) is 8.57. The van der Waals surface area contributed by atoms with Crippen molar-refractivity contribution in [1.82, 2.24) is 0 Å². The maximum atomic E-state index is 10.5. The number of hydrogen-bond donors (Lipinski definition) is 0. The van der Waals surface area contributed by atoms with Crippen LogP contribution in [-0.2, 0) is 0 Å². The Morgan fingerprint density at radius 2 is 1.86 bits per heavy atom. The van der Waals surface area contributed by atoms with Crippen molar-refractivity contribution in [2.75, 3.05) is 0 Å². The van der Waals surface area contributed by atoms with Gasteiger partial charge in [-0.2, -0.15) is 0 Å². The topological polar surface area (TPSA) is 43.1 Å². The monoisotopic (exact) mass is 191 g/mol. The van der Waals surface area contributed by atoms with Gasteiger partial charge in [0.25, 0.3) is 0 Å². The van der Waals surface area contributed by atoms with Crippen molar-refractivity contribution >= 4 is 6.08 Å². The van der Waals surface area contributed by atoms with Gasteiger partial charge in [0, 0.05) is 13.0 Å². The van der Waals surface area contributed by atoms with E-state index in [0.29, 0.717) is 0 Å². The zero-order valence-electron chi connectivity index (χ0n) is 8.57. The highest BCUT2D eigenvalue weighted by molar-refractivity contribution is 5.58. The fraction of sp³-hybridized carbons (Fsp3) is 0.273. The molecule has 0 bridgehead atoms. The van der Waals surface area contributed by atoms with Gasteiger partial charge in [0.1, 0.15) is 0 Å². The highest BCUT2D eigenvalue weighted by atomic mass is 16.6. The molecule has 0 N–H and O–H groups in total. The molecule has 14 heavy (non-hydrogen) atoms. The molecule has 74 valence electrons. The lowest BCUT2D eigenvalue weighted by Crippen LogP contribution is -1.95. The van der Waals surface area contributed by atoms with Crippen molar-refractivity contribution < 1.29 is 4.92 Å². The Morgan fingerprint density at radius 1 is 1.36 bits per heavy atom. The summed E-state index contributed by atoms with van der Waals surface area (Å²) < 4.78 is 0. The molecule has 0 atom stereocenters. The van der Waals surface area contributed by atoms with E-state index in [1.165, 1.54) is 6.92 Å². The van der Waals surface area contributed by atoms with Gasteiger partial charge >= 0.3 is 0 Å². The van der Waals surface area contributed by atoms with E-state index < -0.39 is 0 Å².